The Balaban J connectivity index is 1.68. The minimum Gasteiger partial charge on any atom is -0.446 e. The highest BCUT2D eigenvalue weighted by atomic mass is 16.6. The largest absolute Gasteiger partial charge is 0.446 e. The van der Waals surface area contributed by atoms with Gasteiger partial charge in [0.05, 0.1) is 5.92 Å². The highest BCUT2D eigenvalue weighted by Gasteiger charge is 2.44. The fourth-order valence-corrected chi connectivity index (χ4v) is 2.63. The first-order chi connectivity index (χ1) is 12.0. The summed E-state index contributed by atoms with van der Waals surface area (Å²) in [5.41, 5.74) is 1.12. The number of hydrogen-bond donors (Lipinski definition) is 1. The lowest BCUT2D eigenvalue weighted by Crippen LogP contribution is -2.59. The van der Waals surface area contributed by atoms with Crippen LogP contribution in [0.25, 0.3) is 0 Å². The van der Waals surface area contributed by atoms with E-state index in [-0.39, 0.29) is 18.2 Å². The zero-order chi connectivity index (χ0) is 18.2. The summed E-state index contributed by atoms with van der Waals surface area (Å²) in [5.74, 6) is -0.938. The Morgan fingerprint density at radius 1 is 1.40 bits per heavy atom. The number of rotatable bonds is 8. The van der Waals surface area contributed by atoms with Crippen molar-refractivity contribution in [3.8, 4) is 0 Å². The SMILES string of the molecule is C=CCCC(=O)N1C[C@@H]([C@@H](C)OC(=O)NCCc2ccccc2)C1=O. The maximum absolute atomic E-state index is 12.1. The lowest BCUT2D eigenvalue weighted by molar-refractivity contribution is -0.163. The molecule has 25 heavy (non-hydrogen) atoms. The minimum atomic E-state index is -0.562. The molecule has 3 amide bonds. The van der Waals surface area contributed by atoms with Crippen molar-refractivity contribution >= 4 is 17.9 Å². The van der Waals surface area contributed by atoms with E-state index < -0.39 is 18.1 Å². The van der Waals surface area contributed by atoms with Gasteiger partial charge in [-0.2, -0.15) is 0 Å². The molecule has 1 N–H and O–H groups in total. The van der Waals surface area contributed by atoms with Gasteiger partial charge in [-0.1, -0.05) is 36.4 Å². The fraction of sp³-hybridized carbons (Fsp3) is 0.421. The molecule has 2 rings (SSSR count). The summed E-state index contributed by atoms with van der Waals surface area (Å²) in [6.45, 7) is 5.98. The molecule has 1 aromatic rings. The Labute approximate surface area is 147 Å². The Bertz CT molecular complexity index is 630. The van der Waals surface area contributed by atoms with Gasteiger partial charge in [0.2, 0.25) is 11.8 Å². The molecular weight excluding hydrogens is 320 g/mol. The highest BCUT2D eigenvalue weighted by molar-refractivity contribution is 6.01. The van der Waals surface area contributed by atoms with Crippen LogP contribution in [0.2, 0.25) is 0 Å². The summed E-state index contributed by atoms with van der Waals surface area (Å²) in [6.07, 6.45) is 2.06. The third-order valence-corrected chi connectivity index (χ3v) is 4.21. The maximum Gasteiger partial charge on any atom is 0.407 e. The van der Waals surface area contributed by atoms with Crippen LogP contribution in [0.1, 0.15) is 25.3 Å². The van der Waals surface area contributed by atoms with Gasteiger partial charge in [0.1, 0.15) is 6.10 Å². The Kier molecular flexibility index (Phi) is 6.74. The molecule has 2 atom stereocenters. The Hall–Kier alpha value is -2.63. The molecule has 0 aliphatic carbocycles. The number of hydrogen-bond acceptors (Lipinski definition) is 4. The minimum absolute atomic E-state index is 0.208. The van der Waals surface area contributed by atoms with Crippen LogP contribution < -0.4 is 5.32 Å². The third kappa shape index (κ3) is 5.17. The van der Waals surface area contributed by atoms with Gasteiger partial charge in [0, 0.05) is 19.5 Å². The molecule has 1 saturated heterocycles. The molecule has 0 saturated carbocycles. The van der Waals surface area contributed by atoms with Gasteiger partial charge in [-0.15, -0.1) is 6.58 Å². The molecule has 0 aromatic heterocycles. The van der Waals surface area contributed by atoms with E-state index in [0.717, 1.165) is 5.56 Å². The normalized spacial score (nSPS) is 17.4. The van der Waals surface area contributed by atoms with Crippen LogP contribution >= 0.6 is 0 Å². The van der Waals surface area contributed by atoms with E-state index in [0.29, 0.717) is 25.9 Å². The molecule has 6 nitrogen and oxygen atoms in total. The number of likely N-dealkylation sites (tertiary alicyclic amines) is 1. The van der Waals surface area contributed by atoms with Crippen molar-refractivity contribution in [1.82, 2.24) is 10.2 Å². The third-order valence-electron chi connectivity index (χ3n) is 4.21. The van der Waals surface area contributed by atoms with E-state index >= 15 is 0 Å². The number of β-lactam (4-membered cyclic amide) rings is 1. The molecule has 1 fully saturated rings. The summed E-state index contributed by atoms with van der Waals surface area (Å²) in [5, 5.41) is 2.68. The zero-order valence-corrected chi connectivity index (χ0v) is 14.4. The van der Waals surface area contributed by atoms with Crippen molar-refractivity contribution in [3.05, 3.63) is 48.6 Å². The molecule has 0 unspecified atom stereocenters. The molecule has 1 aliphatic heterocycles. The number of nitrogens with zero attached hydrogens (tertiary/aromatic N) is 1. The number of ether oxygens (including phenoxy) is 1. The number of benzene rings is 1. The number of alkyl carbamates (subject to hydrolysis) is 1. The van der Waals surface area contributed by atoms with Crippen molar-refractivity contribution in [2.45, 2.75) is 32.3 Å². The summed E-state index contributed by atoms with van der Waals surface area (Å²) in [4.78, 5) is 36.9. The number of carbonyl (C=O) groups is 3. The predicted molar refractivity (Wildman–Crippen MR) is 93.7 cm³/mol. The summed E-state index contributed by atoms with van der Waals surface area (Å²) in [7, 11) is 0. The standard InChI is InChI=1S/C19H24N2O4/c1-3-4-10-17(22)21-13-16(18(21)23)14(2)25-19(24)20-12-11-15-8-6-5-7-9-15/h3,5-9,14,16H,1,4,10-13H2,2H3,(H,20,24)/t14-,16+/m1/s1. The van der Waals surface area contributed by atoms with E-state index in [1.165, 1.54) is 4.90 Å². The molecule has 134 valence electrons. The smallest absolute Gasteiger partial charge is 0.407 e. The van der Waals surface area contributed by atoms with Crippen molar-refractivity contribution in [2.75, 3.05) is 13.1 Å². The van der Waals surface area contributed by atoms with Crippen LogP contribution in [-0.2, 0) is 20.7 Å². The quantitative estimate of drug-likeness (QED) is 0.580. The highest BCUT2D eigenvalue weighted by Crippen LogP contribution is 2.24. The second-order valence-corrected chi connectivity index (χ2v) is 6.05. The first-order valence-corrected chi connectivity index (χ1v) is 8.46. The van der Waals surface area contributed by atoms with E-state index in [1.54, 1.807) is 13.0 Å². The summed E-state index contributed by atoms with van der Waals surface area (Å²) < 4.78 is 5.25. The van der Waals surface area contributed by atoms with Crippen molar-refractivity contribution < 1.29 is 19.1 Å². The van der Waals surface area contributed by atoms with E-state index in [2.05, 4.69) is 11.9 Å². The van der Waals surface area contributed by atoms with Crippen LogP contribution in [0.3, 0.4) is 0 Å². The van der Waals surface area contributed by atoms with Crippen molar-refractivity contribution in [2.24, 2.45) is 5.92 Å². The second kappa shape index (κ2) is 9.01. The lowest BCUT2D eigenvalue weighted by Gasteiger charge is -2.39. The summed E-state index contributed by atoms with van der Waals surface area (Å²) in [6, 6.07) is 9.80. The number of carbonyl (C=O) groups excluding carboxylic acids is 3. The van der Waals surface area contributed by atoms with Gasteiger partial charge in [0.15, 0.2) is 0 Å². The van der Waals surface area contributed by atoms with Crippen LogP contribution in [0, 0.1) is 5.92 Å². The van der Waals surface area contributed by atoms with Crippen molar-refractivity contribution in [3.63, 3.8) is 0 Å². The fourth-order valence-electron chi connectivity index (χ4n) is 2.63. The van der Waals surface area contributed by atoms with Gasteiger partial charge >= 0.3 is 6.09 Å². The number of nitrogens with one attached hydrogen (secondary N) is 1. The first kappa shape index (κ1) is 18.7. The van der Waals surface area contributed by atoms with Crippen LogP contribution in [-0.4, -0.2) is 42.0 Å². The molecule has 0 spiro atoms. The molecular formula is C19H24N2O4. The van der Waals surface area contributed by atoms with Crippen LogP contribution in [0.5, 0.6) is 0 Å². The maximum atomic E-state index is 12.1. The topological polar surface area (TPSA) is 75.7 Å². The average molecular weight is 344 g/mol. The molecule has 1 aliphatic rings. The Morgan fingerprint density at radius 3 is 2.76 bits per heavy atom. The zero-order valence-electron chi connectivity index (χ0n) is 14.4. The van der Waals surface area contributed by atoms with Crippen LogP contribution in [0.15, 0.2) is 43.0 Å². The number of amides is 3. The molecule has 1 heterocycles. The van der Waals surface area contributed by atoms with E-state index in [1.807, 2.05) is 30.3 Å². The number of imide groups is 1. The van der Waals surface area contributed by atoms with Gasteiger partial charge in [-0.3, -0.25) is 14.5 Å². The monoisotopic (exact) mass is 344 g/mol. The van der Waals surface area contributed by atoms with E-state index in [9.17, 15) is 14.4 Å². The molecule has 6 heteroatoms. The Morgan fingerprint density at radius 2 is 2.12 bits per heavy atom. The number of allylic oxidation sites excluding steroid dienone is 1. The predicted octanol–water partition coefficient (Wildman–Crippen LogP) is 2.29. The van der Waals surface area contributed by atoms with Crippen LogP contribution in [0.4, 0.5) is 4.79 Å². The van der Waals surface area contributed by atoms with Gasteiger partial charge in [0.25, 0.3) is 0 Å². The summed E-state index contributed by atoms with van der Waals surface area (Å²) >= 11 is 0. The first-order valence-electron chi connectivity index (χ1n) is 8.46. The van der Waals surface area contributed by atoms with Crippen molar-refractivity contribution in [1.29, 1.82) is 0 Å². The van der Waals surface area contributed by atoms with Gasteiger partial charge < -0.3 is 10.1 Å². The average Bonchev–Trinajstić information content (AvgIpc) is 2.59. The van der Waals surface area contributed by atoms with Gasteiger partial charge in [-0.25, -0.2) is 4.79 Å². The molecule has 1 aromatic carbocycles. The molecule has 0 bridgehead atoms. The van der Waals surface area contributed by atoms with E-state index in [4.69, 9.17) is 4.74 Å². The second-order valence-electron chi connectivity index (χ2n) is 6.05. The van der Waals surface area contributed by atoms with Gasteiger partial charge in [-0.05, 0) is 25.3 Å². The molecule has 0 radical (unpaired) electrons. The lowest BCUT2D eigenvalue weighted by atomic mass is 9.92.